The molecule has 1 aromatic heterocycles. The first-order valence-corrected chi connectivity index (χ1v) is 13.9. The Morgan fingerprint density at radius 1 is 1.05 bits per heavy atom. The molecule has 1 heterocycles. The Kier molecular flexibility index (Phi) is 8.44. The van der Waals surface area contributed by atoms with Gasteiger partial charge in [-0.25, -0.2) is 9.78 Å². The fraction of sp³-hybridized carbons (Fsp3) is 0.394. The number of aryl methyl sites for hydroxylation is 1. The van der Waals surface area contributed by atoms with Crippen molar-refractivity contribution in [1.82, 2.24) is 4.98 Å². The van der Waals surface area contributed by atoms with Gasteiger partial charge in [0.15, 0.2) is 5.60 Å². The average Bonchev–Trinajstić information content (AvgIpc) is 3.39. The first-order chi connectivity index (χ1) is 18.9. The second-order valence-electron chi connectivity index (χ2n) is 10.8. The van der Waals surface area contributed by atoms with Gasteiger partial charge in [-0.15, -0.1) is 0 Å². The summed E-state index contributed by atoms with van der Waals surface area (Å²) in [6.07, 6.45) is 5.03. The number of aromatic nitrogens is 1. The summed E-state index contributed by atoms with van der Waals surface area (Å²) in [5.41, 5.74) is 1.50. The SMILES string of the molecule is CCc1oc(-c2ccc3ccccc3c2)nc1CO[C@H]1CCC[C@@H](COC(C)(Cc2ccccc2)C(=O)O)C1. The van der Waals surface area contributed by atoms with E-state index in [4.69, 9.17) is 18.9 Å². The molecule has 6 heteroatoms. The Bertz CT molecular complexity index is 1400. The highest BCUT2D eigenvalue weighted by atomic mass is 16.5. The van der Waals surface area contributed by atoms with Crippen LogP contribution in [0.4, 0.5) is 0 Å². The van der Waals surface area contributed by atoms with Crippen LogP contribution in [0, 0.1) is 5.92 Å². The van der Waals surface area contributed by atoms with Crippen LogP contribution in [0.5, 0.6) is 0 Å². The summed E-state index contributed by atoms with van der Waals surface area (Å²) < 4.78 is 18.6. The minimum absolute atomic E-state index is 0.0862. The number of fused-ring (bicyclic) bond motifs is 1. The summed E-state index contributed by atoms with van der Waals surface area (Å²) in [6, 6.07) is 24.2. The minimum Gasteiger partial charge on any atom is -0.479 e. The molecule has 1 aliphatic rings. The van der Waals surface area contributed by atoms with Crippen LogP contribution in [0.2, 0.25) is 0 Å². The lowest BCUT2D eigenvalue weighted by atomic mass is 9.87. The molecule has 0 aliphatic heterocycles. The second-order valence-corrected chi connectivity index (χ2v) is 10.8. The summed E-state index contributed by atoms with van der Waals surface area (Å²) in [6.45, 7) is 4.55. The molecule has 0 bridgehead atoms. The van der Waals surface area contributed by atoms with Gasteiger partial charge in [-0.2, -0.15) is 0 Å². The molecular formula is C33H37NO5. The van der Waals surface area contributed by atoms with Gasteiger partial charge in [0.1, 0.15) is 11.5 Å². The summed E-state index contributed by atoms with van der Waals surface area (Å²) in [7, 11) is 0. The Balaban J connectivity index is 1.19. The maximum Gasteiger partial charge on any atom is 0.336 e. The second kappa shape index (κ2) is 12.1. The van der Waals surface area contributed by atoms with Crippen molar-refractivity contribution in [3.63, 3.8) is 0 Å². The number of nitrogens with zero attached hydrogens (tertiary/aromatic N) is 1. The molecule has 3 aromatic carbocycles. The normalized spacial score (nSPS) is 19.1. The van der Waals surface area contributed by atoms with Crippen LogP contribution in [0.25, 0.3) is 22.2 Å². The standard InChI is InChI=1S/C33H37NO5/c1-3-30-29(34-31(39-30)27-17-16-25-13-7-8-14-26(25)19-27)22-37-28-15-9-12-24(18-28)21-38-33(2,32(35)36)20-23-10-5-4-6-11-23/h4-8,10-11,13-14,16-17,19,24,28H,3,9,12,15,18,20-22H2,1-2H3,(H,35,36)/t24-,28+,33?/m1/s1. The van der Waals surface area contributed by atoms with Crippen molar-refractivity contribution in [2.24, 2.45) is 5.92 Å². The van der Waals surface area contributed by atoms with Crippen LogP contribution in [0.15, 0.2) is 77.2 Å². The number of carbonyl (C=O) groups is 1. The molecule has 1 N–H and O–H groups in total. The van der Waals surface area contributed by atoms with Gasteiger partial charge >= 0.3 is 5.97 Å². The number of carboxylic acids is 1. The number of carboxylic acid groups (broad SMARTS) is 1. The first-order valence-electron chi connectivity index (χ1n) is 13.9. The van der Waals surface area contributed by atoms with Gasteiger partial charge in [0, 0.05) is 18.4 Å². The third kappa shape index (κ3) is 6.57. The lowest BCUT2D eigenvalue weighted by molar-refractivity contribution is -0.166. The van der Waals surface area contributed by atoms with Gasteiger partial charge in [-0.1, -0.05) is 74.0 Å². The van der Waals surface area contributed by atoms with E-state index in [0.29, 0.717) is 25.5 Å². The third-order valence-electron chi connectivity index (χ3n) is 7.76. The van der Waals surface area contributed by atoms with Gasteiger partial charge in [-0.05, 0) is 60.6 Å². The Morgan fingerprint density at radius 2 is 1.82 bits per heavy atom. The molecule has 4 aromatic rings. The number of hydrogen-bond donors (Lipinski definition) is 1. The van der Waals surface area contributed by atoms with Crippen LogP contribution in [-0.4, -0.2) is 34.4 Å². The van der Waals surface area contributed by atoms with E-state index in [-0.39, 0.29) is 12.0 Å². The molecule has 0 radical (unpaired) electrons. The lowest BCUT2D eigenvalue weighted by Gasteiger charge is -2.32. The molecule has 1 aliphatic carbocycles. The molecule has 5 rings (SSSR count). The molecule has 1 saturated carbocycles. The number of oxazole rings is 1. The number of rotatable bonds is 11. The fourth-order valence-electron chi connectivity index (χ4n) is 5.43. The van der Waals surface area contributed by atoms with Crippen molar-refractivity contribution in [3.8, 4) is 11.5 Å². The third-order valence-corrected chi connectivity index (χ3v) is 7.76. The van der Waals surface area contributed by atoms with E-state index in [1.807, 2.05) is 48.5 Å². The van der Waals surface area contributed by atoms with E-state index in [0.717, 1.165) is 60.1 Å². The van der Waals surface area contributed by atoms with Crippen LogP contribution in [0.1, 0.15) is 56.5 Å². The highest BCUT2D eigenvalue weighted by Crippen LogP contribution is 2.31. The molecule has 3 atom stereocenters. The van der Waals surface area contributed by atoms with Crippen molar-refractivity contribution >= 4 is 16.7 Å². The first kappa shape index (κ1) is 27.1. The van der Waals surface area contributed by atoms with Crippen LogP contribution < -0.4 is 0 Å². The zero-order valence-electron chi connectivity index (χ0n) is 22.8. The average molecular weight is 528 g/mol. The number of ether oxygens (including phenoxy) is 2. The molecule has 0 saturated heterocycles. The van der Waals surface area contributed by atoms with E-state index in [1.54, 1.807) is 6.92 Å². The maximum absolute atomic E-state index is 12.1. The molecule has 0 amide bonds. The van der Waals surface area contributed by atoms with Crippen molar-refractivity contribution in [3.05, 3.63) is 89.8 Å². The molecule has 1 unspecified atom stereocenters. The lowest BCUT2D eigenvalue weighted by Crippen LogP contribution is -2.42. The Morgan fingerprint density at radius 3 is 2.59 bits per heavy atom. The summed E-state index contributed by atoms with van der Waals surface area (Å²) in [4.78, 5) is 16.9. The van der Waals surface area contributed by atoms with Gasteiger partial charge in [0.25, 0.3) is 0 Å². The van der Waals surface area contributed by atoms with E-state index < -0.39 is 11.6 Å². The molecular weight excluding hydrogens is 490 g/mol. The van der Waals surface area contributed by atoms with Gasteiger partial charge in [0.05, 0.1) is 19.3 Å². The minimum atomic E-state index is -1.26. The summed E-state index contributed by atoms with van der Waals surface area (Å²) in [5, 5.41) is 12.2. The fourth-order valence-corrected chi connectivity index (χ4v) is 5.43. The Labute approximate surface area is 230 Å². The molecule has 1 fully saturated rings. The number of aliphatic carboxylic acids is 1. The maximum atomic E-state index is 12.1. The zero-order valence-corrected chi connectivity index (χ0v) is 22.8. The molecule has 0 spiro atoms. The highest BCUT2D eigenvalue weighted by molar-refractivity contribution is 5.86. The smallest absolute Gasteiger partial charge is 0.336 e. The van der Waals surface area contributed by atoms with E-state index in [2.05, 4.69) is 31.2 Å². The van der Waals surface area contributed by atoms with E-state index in [9.17, 15) is 9.90 Å². The van der Waals surface area contributed by atoms with Gasteiger partial charge in [-0.3, -0.25) is 0 Å². The molecule has 204 valence electrons. The highest BCUT2D eigenvalue weighted by Gasteiger charge is 2.36. The molecule has 6 nitrogen and oxygen atoms in total. The van der Waals surface area contributed by atoms with Crippen LogP contribution >= 0.6 is 0 Å². The summed E-state index contributed by atoms with van der Waals surface area (Å²) >= 11 is 0. The number of hydrogen-bond acceptors (Lipinski definition) is 5. The van der Waals surface area contributed by atoms with Gasteiger partial charge < -0.3 is 19.0 Å². The Hall–Kier alpha value is -3.48. The number of benzene rings is 3. The van der Waals surface area contributed by atoms with Crippen molar-refractivity contribution in [1.29, 1.82) is 0 Å². The van der Waals surface area contributed by atoms with Gasteiger partial charge in [0.2, 0.25) is 5.89 Å². The zero-order chi connectivity index (χ0) is 27.2. The van der Waals surface area contributed by atoms with E-state index in [1.165, 1.54) is 5.39 Å². The van der Waals surface area contributed by atoms with Crippen molar-refractivity contribution in [2.75, 3.05) is 6.61 Å². The van der Waals surface area contributed by atoms with Crippen molar-refractivity contribution < 1.29 is 23.8 Å². The van der Waals surface area contributed by atoms with Crippen LogP contribution in [-0.2, 0) is 33.7 Å². The topological polar surface area (TPSA) is 81.8 Å². The largest absolute Gasteiger partial charge is 0.479 e. The summed E-state index contributed by atoms with van der Waals surface area (Å²) in [5.74, 6) is 0.800. The molecule has 39 heavy (non-hydrogen) atoms. The van der Waals surface area contributed by atoms with E-state index >= 15 is 0 Å². The monoisotopic (exact) mass is 527 g/mol. The van der Waals surface area contributed by atoms with Crippen LogP contribution in [0.3, 0.4) is 0 Å². The quantitative estimate of drug-likeness (QED) is 0.221. The van der Waals surface area contributed by atoms with Crippen molar-refractivity contribution in [2.45, 2.75) is 70.7 Å². The predicted octanol–water partition coefficient (Wildman–Crippen LogP) is 7.24. The predicted molar refractivity (Wildman–Crippen MR) is 151 cm³/mol.